The van der Waals surface area contributed by atoms with E-state index in [-0.39, 0.29) is 6.42 Å². The molecule has 6 heteroatoms. The highest BCUT2D eigenvalue weighted by Gasteiger charge is 2.48. The molecule has 0 unspecified atom stereocenters. The van der Waals surface area contributed by atoms with Crippen LogP contribution in [0.25, 0.3) is 0 Å². The third-order valence-electron chi connectivity index (χ3n) is 1.62. The summed E-state index contributed by atoms with van der Waals surface area (Å²) in [5.41, 5.74) is 7.81. The van der Waals surface area contributed by atoms with Gasteiger partial charge in [-0.05, 0) is 6.42 Å². The van der Waals surface area contributed by atoms with Crippen LogP contribution in [0, 0.1) is 0 Å². The van der Waals surface area contributed by atoms with Gasteiger partial charge in [-0.15, -0.1) is 0 Å². The molecule has 0 aromatic carbocycles. The molecule has 0 heterocycles. The molecule has 0 aromatic heterocycles. The van der Waals surface area contributed by atoms with Gasteiger partial charge in [0, 0.05) is 0 Å². The Morgan fingerprint density at radius 2 is 1.77 bits per heavy atom. The van der Waals surface area contributed by atoms with Crippen LogP contribution in [0.1, 0.15) is 26.2 Å². The fourth-order valence-electron chi connectivity index (χ4n) is 0.847. The van der Waals surface area contributed by atoms with Gasteiger partial charge in [0.05, 0.1) is 0 Å². The fourth-order valence-corrected chi connectivity index (χ4v) is 0.847. The third-order valence-corrected chi connectivity index (χ3v) is 1.62. The number of ketones is 1. The molecule has 4 N–H and O–H groups in total. The molecule has 0 radical (unpaired) electrons. The monoisotopic (exact) mass is 198 g/mol. The largest absolute Gasteiger partial charge is 0.453 e. The van der Waals surface area contributed by atoms with Crippen molar-refractivity contribution in [1.82, 2.24) is 0 Å². The van der Waals surface area contributed by atoms with Gasteiger partial charge in [0.15, 0.2) is 0 Å². The van der Waals surface area contributed by atoms with Crippen LogP contribution in [0.2, 0.25) is 0 Å². The second kappa shape index (κ2) is 4.06. The number of rotatable bonds is 4. The van der Waals surface area contributed by atoms with E-state index in [1.807, 2.05) is 0 Å². The van der Waals surface area contributed by atoms with Crippen molar-refractivity contribution in [3.8, 4) is 0 Å². The van der Waals surface area contributed by atoms with E-state index >= 15 is 0 Å². The molecule has 0 aliphatic heterocycles. The number of halogens is 3. The molecule has 0 amide bonds. The van der Waals surface area contributed by atoms with Crippen molar-refractivity contribution in [3.63, 3.8) is 0 Å². The predicted octanol–water partition coefficient (Wildman–Crippen LogP) is 0.922. The maximum atomic E-state index is 11.9. The topological polar surface area (TPSA) is 69.1 Å². The predicted molar refractivity (Wildman–Crippen MR) is 41.7 cm³/mol. The fraction of sp³-hybridized carbons (Fsp3) is 0.857. The van der Waals surface area contributed by atoms with Crippen LogP contribution >= 0.6 is 0 Å². The number of unbranched alkanes of at least 4 members (excludes halogenated alkanes) is 1. The van der Waals surface area contributed by atoms with Crippen LogP contribution in [0.15, 0.2) is 0 Å². The van der Waals surface area contributed by atoms with E-state index in [4.69, 9.17) is 11.5 Å². The minimum absolute atomic E-state index is 0.151. The molecule has 0 saturated heterocycles. The lowest BCUT2D eigenvalue weighted by Gasteiger charge is -2.23. The quantitative estimate of drug-likeness (QED) is 0.660. The summed E-state index contributed by atoms with van der Waals surface area (Å²) >= 11 is 0. The molecule has 13 heavy (non-hydrogen) atoms. The minimum atomic E-state index is -4.95. The highest BCUT2D eigenvalue weighted by molar-refractivity contribution is 5.92. The summed E-state index contributed by atoms with van der Waals surface area (Å²) in [6.45, 7) is 1.77. The van der Waals surface area contributed by atoms with Gasteiger partial charge in [-0.3, -0.25) is 4.79 Å². The molecule has 78 valence electrons. The van der Waals surface area contributed by atoms with Crippen molar-refractivity contribution >= 4 is 5.78 Å². The number of hydrogen-bond acceptors (Lipinski definition) is 3. The summed E-state index contributed by atoms with van der Waals surface area (Å²) in [5, 5.41) is 0. The Morgan fingerprint density at radius 3 is 2.08 bits per heavy atom. The van der Waals surface area contributed by atoms with E-state index in [1.165, 1.54) is 0 Å². The van der Waals surface area contributed by atoms with E-state index in [0.29, 0.717) is 12.8 Å². The van der Waals surface area contributed by atoms with Crippen LogP contribution < -0.4 is 11.5 Å². The summed E-state index contributed by atoms with van der Waals surface area (Å²) in [4.78, 5) is 10.6. The molecule has 0 bridgehead atoms. The molecule has 0 aliphatic rings. The lowest BCUT2D eigenvalue weighted by Crippen LogP contribution is -2.60. The van der Waals surface area contributed by atoms with Gasteiger partial charge in [0.25, 0.3) is 5.78 Å². The summed E-state index contributed by atoms with van der Waals surface area (Å²) < 4.78 is 35.6. The van der Waals surface area contributed by atoms with Crippen LogP contribution in [-0.4, -0.2) is 17.6 Å². The first-order chi connectivity index (χ1) is 5.72. The van der Waals surface area contributed by atoms with E-state index in [9.17, 15) is 18.0 Å². The van der Waals surface area contributed by atoms with Crippen molar-refractivity contribution in [2.75, 3.05) is 0 Å². The number of carbonyl (C=O) groups is 1. The Bertz CT molecular complexity index is 189. The van der Waals surface area contributed by atoms with Crippen LogP contribution in [0.3, 0.4) is 0 Å². The summed E-state index contributed by atoms with van der Waals surface area (Å²) in [5.74, 6) is -2.06. The van der Waals surface area contributed by atoms with Crippen molar-refractivity contribution in [1.29, 1.82) is 0 Å². The lowest BCUT2D eigenvalue weighted by molar-refractivity contribution is -0.177. The van der Waals surface area contributed by atoms with E-state index in [2.05, 4.69) is 0 Å². The zero-order valence-corrected chi connectivity index (χ0v) is 7.32. The van der Waals surface area contributed by atoms with Crippen LogP contribution in [0.5, 0.6) is 0 Å². The average Bonchev–Trinajstić information content (AvgIpc) is 1.98. The zero-order chi connectivity index (χ0) is 10.7. The Morgan fingerprint density at radius 1 is 1.31 bits per heavy atom. The number of alkyl halides is 3. The molecule has 0 atom stereocenters. The minimum Gasteiger partial charge on any atom is -0.307 e. The van der Waals surface area contributed by atoms with Crippen molar-refractivity contribution in [2.24, 2.45) is 11.5 Å². The van der Waals surface area contributed by atoms with Gasteiger partial charge in [-0.2, -0.15) is 13.2 Å². The number of nitrogens with two attached hydrogens (primary N) is 2. The first-order valence-electron chi connectivity index (χ1n) is 3.91. The number of carbonyl (C=O) groups excluding carboxylic acids is 1. The normalized spacial score (nSPS) is 13.1. The molecule has 0 saturated carbocycles. The first kappa shape index (κ1) is 12.4. The molecule has 0 spiro atoms. The highest BCUT2D eigenvalue weighted by atomic mass is 19.4. The lowest BCUT2D eigenvalue weighted by atomic mass is 9.99. The summed E-state index contributed by atoms with van der Waals surface area (Å²) in [6, 6.07) is 0. The van der Waals surface area contributed by atoms with E-state index in [1.54, 1.807) is 6.92 Å². The Labute approximate surface area is 74.3 Å². The van der Waals surface area contributed by atoms with Crippen LogP contribution in [-0.2, 0) is 4.79 Å². The van der Waals surface area contributed by atoms with E-state index in [0.717, 1.165) is 0 Å². The second-order valence-electron chi connectivity index (χ2n) is 2.97. The molecule has 0 rings (SSSR count). The van der Waals surface area contributed by atoms with E-state index < -0.39 is 17.6 Å². The van der Waals surface area contributed by atoms with Gasteiger partial charge in [0.2, 0.25) is 0 Å². The standard InChI is InChI=1S/C7H13F3N2O/c1-2-3-4-6(11,12)5(13)7(8,9)10/h2-4,11-12H2,1H3. The van der Waals surface area contributed by atoms with Crippen LogP contribution in [0.4, 0.5) is 13.2 Å². The average molecular weight is 198 g/mol. The molecular formula is C7H13F3N2O. The zero-order valence-electron chi connectivity index (χ0n) is 7.32. The maximum absolute atomic E-state index is 11.9. The third kappa shape index (κ3) is 3.73. The number of Topliss-reactive ketones (excluding diaryl/α,β-unsaturated/α-hetero) is 1. The molecule has 3 nitrogen and oxygen atoms in total. The van der Waals surface area contributed by atoms with Gasteiger partial charge >= 0.3 is 6.18 Å². The highest BCUT2D eigenvalue weighted by Crippen LogP contribution is 2.22. The van der Waals surface area contributed by atoms with Crippen molar-refractivity contribution < 1.29 is 18.0 Å². The van der Waals surface area contributed by atoms with Gasteiger partial charge in [-0.25, -0.2) is 0 Å². The van der Waals surface area contributed by atoms with Crippen molar-refractivity contribution in [3.05, 3.63) is 0 Å². The van der Waals surface area contributed by atoms with Gasteiger partial charge < -0.3 is 11.5 Å². The molecular weight excluding hydrogens is 185 g/mol. The maximum Gasteiger partial charge on any atom is 0.453 e. The van der Waals surface area contributed by atoms with Gasteiger partial charge in [0.1, 0.15) is 5.66 Å². The summed E-state index contributed by atoms with van der Waals surface area (Å²) in [6.07, 6.45) is -4.06. The Balaban J connectivity index is 4.36. The second-order valence-corrected chi connectivity index (χ2v) is 2.97. The van der Waals surface area contributed by atoms with Gasteiger partial charge in [-0.1, -0.05) is 19.8 Å². The summed E-state index contributed by atoms with van der Waals surface area (Å²) in [7, 11) is 0. The Kier molecular flexibility index (Phi) is 3.87. The smallest absolute Gasteiger partial charge is 0.307 e. The van der Waals surface area contributed by atoms with Crippen molar-refractivity contribution in [2.45, 2.75) is 38.0 Å². The first-order valence-corrected chi connectivity index (χ1v) is 3.91. The molecule has 0 aliphatic carbocycles. The molecule has 0 fully saturated rings. The molecule has 0 aromatic rings. The Hall–Kier alpha value is -0.620. The number of hydrogen-bond donors (Lipinski definition) is 2. The SMILES string of the molecule is CCCCC(N)(N)C(=O)C(F)(F)F.